The highest BCUT2D eigenvalue weighted by Gasteiger charge is 2.20. The van der Waals surface area contributed by atoms with Gasteiger partial charge in [0.2, 0.25) is 0 Å². The van der Waals surface area contributed by atoms with Crippen LogP contribution in [0.2, 0.25) is 0 Å². The second-order valence-electron chi connectivity index (χ2n) is 5.34. The Labute approximate surface area is 123 Å². The van der Waals surface area contributed by atoms with Crippen LogP contribution in [0, 0.1) is 10.7 Å². The highest BCUT2D eigenvalue weighted by Crippen LogP contribution is 2.28. The molecule has 1 aliphatic rings. The molecular formula is C15H20N2O2S. The number of hydrogen-bond acceptors (Lipinski definition) is 3. The van der Waals surface area contributed by atoms with Gasteiger partial charge in [-0.05, 0) is 49.5 Å². The van der Waals surface area contributed by atoms with Gasteiger partial charge in [-0.25, -0.2) is 0 Å². The number of hydrogen-bond donors (Lipinski definition) is 1. The third kappa shape index (κ3) is 3.04. The maximum absolute atomic E-state index is 5.67. The number of benzene rings is 1. The Hall–Kier alpha value is -1.33. The molecule has 3 rings (SSSR count). The Balaban J connectivity index is 1.64. The molecule has 108 valence electrons. The number of aromatic amines is 1. The van der Waals surface area contributed by atoms with Crippen LogP contribution in [-0.4, -0.2) is 29.9 Å². The van der Waals surface area contributed by atoms with E-state index in [2.05, 4.69) is 9.55 Å². The molecule has 0 unspecified atom stereocenters. The maximum atomic E-state index is 5.67. The lowest BCUT2D eigenvalue weighted by molar-refractivity contribution is 0.119. The minimum atomic E-state index is 0.760. The van der Waals surface area contributed by atoms with Crippen molar-refractivity contribution in [2.24, 2.45) is 5.92 Å². The van der Waals surface area contributed by atoms with Crippen molar-refractivity contribution >= 4 is 23.3 Å². The normalized spacial score (nSPS) is 14.8. The molecule has 0 aliphatic heterocycles. The number of nitrogens with zero attached hydrogens (tertiary/aromatic N) is 1. The summed E-state index contributed by atoms with van der Waals surface area (Å²) in [5.74, 6) is 1.67. The molecule has 1 heterocycles. The fourth-order valence-electron chi connectivity index (χ4n) is 2.35. The molecule has 0 atom stereocenters. The zero-order valence-corrected chi connectivity index (χ0v) is 12.5. The average molecular weight is 292 g/mol. The Morgan fingerprint density at radius 2 is 2.25 bits per heavy atom. The Kier molecular flexibility index (Phi) is 4.08. The van der Waals surface area contributed by atoms with Crippen molar-refractivity contribution < 1.29 is 9.47 Å². The highest BCUT2D eigenvalue weighted by atomic mass is 32.1. The lowest BCUT2D eigenvalue weighted by atomic mass is 10.3. The smallest absolute Gasteiger partial charge is 0.178 e. The topological polar surface area (TPSA) is 39.2 Å². The largest absolute Gasteiger partial charge is 0.497 e. The van der Waals surface area contributed by atoms with Crippen LogP contribution in [0.4, 0.5) is 0 Å². The van der Waals surface area contributed by atoms with Gasteiger partial charge >= 0.3 is 0 Å². The monoisotopic (exact) mass is 292 g/mol. The predicted molar refractivity (Wildman–Crippen MR) is 81.8 cm³/mol. The average Bonchev–Trinajstić information content (AvgIpc) is 3.22. The number of ether oxygens (including phenoxy) is 2. The molecule has 1 aliphatic carbocycles. The molecular weight excluding hydrogens is 272 g/mol. The number of H-pyrrole nitrogens is 1. The van der Waals surface area contributed by atoms with Gasteiger partial charge in [0.25, 0.3) is 0 Å². The summed E-state index contributed by atoms with van der Waals surface area (Å²) in [6, 6.07) is 5.99. The number of aryl methyl sites for hydroxylation is 1. The fourth-order valence-corrected chi connectivity index (χ4v) is 2.65. The Bertz CT molecular complexity index is 643. The van der Waals surface area contributed by atoms with Crippen molar-refractivity contribution in [3.8, 4) is 5.75 Å². The lowest BCUT2D eigenvalue weighted by Gasteiger charge is -2.06. The second kappa shape index (κ2) is 5.97. The van der Waals surface area contributed by atoms with E-state index >= 15 is 0 Å². The van der Waals surface area contributed by atoms with E-state index < -0.39 is 0 Å². The van der Waals surface area contributed by atoms with Crippen LogP contribution >= 0.6 is 12.2 Å². The second-order valence-corrected chi connectivity index (χ2v) is 5.72. The molecule has 1 aromatic carbocycles. The number of imidazole rings is 1. The summed E-state index contributed by atoms with van der Waals surface area (Å²) in [5.41, 5.74) is 2.14. The van der Waals surface area contributed by atoms with Crippen LogP contribution in [0.1, 0.15) is 19.3 Å². The van der Waals surface area contributed by atoms with Gasteiger partial charge in [-0.2, -0.15) is 0 Å². The van der Waals surface area contributed by atoms with Crippen molar-refractivity contribution in [2.75, 3.05) is 20.3 Å². The minimum Gasteiger partial charge on any atom is -0.497 e. The van der Waals surface area contributed by atoms with E-state index in [1.807, 2.05) is 18.2 Å². The fraction of sp³-hybridized carbons (Fsp3) is 0.533. The summed E-state index contributed by atoms with van der Waals surface area (Å²) in [7, 11) is 1.67. The number of rotatable bonds is 7. The maximum Gasteiger partial charge on any atom is 0.178 e. The van der Waals surface area contributed by atoms with E-state index in [4.69, 9.17) is 21.7 Å². The van der Waals surface area contributed by atoms with Gasteiger partial charge in [0.05, 0.1) is 18.1 Å². The molecule has 1 saturated carbocycles. The molecule has 1 aromatic heterocycles. The molecule has 1 N–H and O–H groups in total. The van der Waals surface area contributed by atoms with Crippen molar-refractivity contribution in [3.05, 3.63) is 23.0 Å². The summed E-state index contributed by atoms with van der Waals surface area (Å²) in [6.45, 7) is 2.62. The van der Waals surface area contributed by atoms with Crippen LogP contribution in [0.5, 0.6) is 5.75 Å². The van der Waals surface area contributed by atoms with Crippen molar-refractivity contribution in [3.63, 3.8) is 0 Å². The number of aromatic nitrogens is 2. The van der Waals surface area contributed by atoms with Crippen molar-refractivity contribution in [2.45, 2.75) is 25.8 Å². The molecule has 0 radical (unpaired) electrons. The Morgan fingerprint density at radius 3 is 3.00 bits per heavy atom. The van der Waals surface area contributed by atoms with E-state index in [0.717, 1.165) is 53.7 Å². The van der Waals surface area contributed by atoms with Crippen LogP contribution in [-0.2, 0) is 11.3 Å². The van der Waals surface area contributed by atoms with E-state index in [-0.39, 0.29) is 0 Å². The predicted octanol–water partition coefficient (Wildman–Crippen LogP) is 3.52. The van der Waals surface area contributed by atoms with Crippen LogP contribution in [0.3, 0.4) is 0 Å². The number of nitrogens with one attached hydrogen (secondary N) is 1. The first-order chi connectivity index (χ1) is 9.78. The summed E-state index contributed by atoms with van der Waals surface area (Å²) >= 11 is 5.39. The first-order valence-corrected chi connectivity index (χ1v) is 7.53. The number of methoxy groups -OCH3 is 1. The molecule has 20 heavy (non-hydrogen) atoms. The highest BCUT2D eigenvalue weighted by molar-refractivity contribution is 7.71. The van der Waals surface area contributed by atoms with Crippen molar-refractivity contribution in [1.29, 1.82) is 0 Å². The first-order valence-electron chi connectivity index (χ1n) is 7.12. The molecule has 2 aromatic rings. The molecule has 5 heteroatoms. The third-order valence-electron chi connectivity index (χ3n) is 3.70. The third-order valence-corrected chi connectivity index (χ3v) is 4.02. The van der Waals surface area contributed by atoms with Crippen LogP contribution < -0.4 is 4.74 Å². The van der Waals surface area contributed by atoms with Gasteiger partial charge in [0.1, 0.15) is 5.75 Å². The quantitative estimate of drug-likeness (QED) is 0.627. The minimum absolute atomic E-state index is 0.760. The zero-order chi connectivity index (χ0) is 13.9. The van der Waals surface area contributed by atoms with Gasteiger partial charge in [0, 0.05) is 25.8 Å². The van der Waals surface area contributed by atoms with E-state index in [1.165, 1.54) is 12.8 Å². The van der Waals surface area contributed by atoms with Crippen molar-refractivity contribution in [1.82, 2.24) is 9.55 Å². The molecule has 1 fully saturated rings. The van der Waals surface area contributed by atoms with Gasteiger partial charge in [-0.15, -0.1) is 0 Å². The first kappa shape index (κ1) is 13.6. The summed E-state index contributed by atoms with van der Waals surface area (Å²) in [6.07, 6.45) is 3.67. The zero-order valence-electron chi connectivity index (χ0n) is 11.7. The van der Waals surface area contributed by atoms with Gasteiger partial charge in [0.15, 0.2) is 4.77 Å². The van der Waals surface area contributed by atoms with Crippen LogP contribution in [0.25, 0.3) is 11.0 Å². The Morgan fingerprint density at radius 1 is 1.40 bits per heavy atom. The molecule has 0 spiro atoms. The molecule has 0 bridgehead atoms. The lowest BCUT2D eigenvalue weighted by Crippen LogP contribution is -2.04. The summed E-state index contributed by atoms with van der Waals surface area (Å²) in [5, 5.41) is 0. The van der Waals surface area contributed by atoms with Gasteiger partial charge in [-0.3, -0.25) is 0 Å². The summed E-state index contributed by atoms with van der Waals surface area (Å²) < 4.78 is 13.8. The van der Waals surface area contributed by atoms with E-state index in [1.54, 1.807) is 7.11 Å². The van der Waals surface area contributed by atoms with Gasteiger partial charge < -0.3 is 19.0 Å². The molecule has 0 amide bonds. The summed E-state index contributed by atoms with van der Waals surface area (Å²) in [4.78, 5) is 3.23. The van der Waals surface area contributed by atoms with Gasteiger partial charge in [-0.1, -0.05) is 0 Å². The van der Waals surface area contributed by atoms with E-state index in [9.17, 15) is 0 Å². The van der Waals surface area contributed by atoms with Crippen LogP contribution in [0.15, 0.2) is 18.2 Å². The molecule has 4 nitrogen and oxygen atoms in total. The standard InChI is InChI=1S/C15H20N2O2S/c1-18-12-5-6-14-13(9-12)16-15(20)17(14)7-2-8-19-10-11-3-4-11/h5-6,9,11H,2-4,7-8,10H2,1H3,(H,16,20). The molecule has 0 saturated heterocycles. The van der Waals surface area contributed by atoms with E-state index in [0.29, 0.717) is 0 Å². The number of fused-ring (bicyclic) bond motifs is 1. The SMILES string of the molecule is COc1ccc2c(c1)[nH]c(=S)n2CCCOCC1CC1.